The van der Waals surface area contributed by atoms with E-state index in [1.165, 1.54) is 32.1 Å². The van der Waals surface area contributed by atoms with Crippen molar-refractivity contribution in [1.29, 1.82) is 0 Å². The molecule has 0 bridgehead atoms. The predicted molar refractivity (Wildman–Crippen MR) is 48.9 cm³/mol. The molecule has 62 valence electrons. The van der Waals surface area contributed by atoms with E-state index in [1.54, 1.807) is 0 Å². The molecule has 1 heteroatoms. The third-order valence-corrected chi connectivity index (χ3v) is 3.99. The van der Waals surface area contributed by atoms with Crippen LogP contribution < -0.4 is 0 Å². The minimum Gasteiger partial charge on any atom is -0.126 e. The minimum absolute atomic E-state index is 0.486. The molecule has 0 amide bonds. The average Bonchev–Trinajstić information content (AvgIpc) is 2.34. The summed E-state index contributed by atoms with van der Waals surface area (Å²) >= 11 is 6.03. The molecule has 0 aromatic rings. The molecule has 2 rings (SSSR count). The van der Waals surface area contributed by atoms with Gasteiger partial charge < -0.3 is 0 Å². The van der Waals surface area contributed by atoms with Crippen LogP contribution in [0.3, 0.4) is 0 Å². The Hall–Kier alpha value is 0.0300. The Kier molecular flexibility index (Phi) is 1.97. The lowest BCUT2D eigenvalue weighted by molar-refractivity contribution is 0.118. The fraction of sp³-hybridized carbons (Fsp3) is 0.800. The lowest BCUT2D eigenvalue weighted by atomic mass is 9.65. The molecule has 0 aromatic carbocycles. The third-order valence-electron chi connectivity index (χ3n) is 3.45. The molecule has 0 unspecified atom stereocenters. The lowest BCUT2D eigenvalue weighted by Crippen LogP contribution is -2.34. The highest BCUT2D eigenvalue weighted by Crippen LogP contribution is 2.50. The van der Waals surface area contributed by atoms with Crippen LogP contribution in [0.5, 0.6) is 0 Å². The molecule has 2 aliphatic rings. The molecular formula is C10H15Cl. The first kappa shape index (κ1) is 7.67. The van der Waals surface area contributed by atoms with Crippen molar-refractivity contribution in [3.8, 4) is 0 Å². The van der Waals surface area contributed by atoms with Crippen molar-refractivity contribution < 1.29 is 0 Å². The summed E-state index contributed by atoms with van der Waals surface area (Å²) < 4.78 is 0. The normalized spacial score (nSPS) is 28.8. The molecule has 0 N–H and O–H groups in total. The summed E-state index contributed by atoms with van der Waals surface area (Å²) in [4.78, 5) is 0. The van der Waals surface area contributed by atoms with Gasteiger partial charge in [0.2, 0.25) is 0 Å². The standard InChI is InChI=1S/C10H15Cl/c11-8-10(6-1-2-7-10)9-4-3-5-9/h1-2,9H,3-8H2. The molecule has 0 heterocycles. The summed E-state index contributed by atoms with van der Waals surface area (Å²) in [5.74, 6) is 1.81. The molecule has 0 spiro atoms. The van der Waals surface area contributed by atoms with Gasteiger partial charge in [0.05, 0.1) is 0 Å². The van der Waals surface area contributed by atoms with Gasteiger partial charge >= 0.3 is 0 Å². The predicted octanol–water partition coefficient (Wildman–Crippen LogP) is 3.36. The Morgan fingerprint density at radius 1 is 1.27 bits per heavy atom. The third kappa shape index (κ3) is 1.12. The van der Waals surface area contributed by atoms with E-state index >= 15 is 0 Å². The molecule has 1 saturated carbocycles. The number of rotatable bonds is 2. The molecule has 0 aliphatic heterocycles. The van der Waals surface area contributed by atoms with Crippen molar-refractivity contribution in [2.75, 3.05) is 5.88 Å². The lowest BCUT2D eigenvalue weighted by Gasteiger charge is -2.41. The fourth-order valence-electron chi connectivity index (χ4n) is 2.29. The van der Waals surface area contributed by atoms with E-state index in [-0.39, 0.29) is 0 Å². The largest absolute Gasteiger partial charge is 0.126 e. The highest BCUT2D eigenvalue weighted by Gasteiger charge is 2.41. The van der Waals surface area contributed by atoms with Crippen molar-refractivity contribution in [2.24, 2.45) is 11.3 Å². The molecule has 2 aliphatic carbocycles. The van der Waals surface area contributed by atoms with Gasteiger partial charge in [-0.2, -0.15) is 0 Å². The summed E-state index contributed by atoms with van der Waals surface area (Å²) in [6.07, 6.45) is 11.4. The zero-order valence-electron chi connectivity index (χ0n) is 6.85. The number of hydrogen-bond acceptors (Lipinski definition) is 0. The van der Waals surface area contributed by atoms with Crippen molar-refractivity contribution in [3.05, 3.63) is 12.2 Å². The second-order valence-electron chi connectivity index (χ2n) is 4.00. The molecular weight excluding hydrogens is 156 g/mol. The maximum Gasteiger partial charge on any atom is 0.0288 e. The Morgan fingerprint density at radius 2 is 1.91 bits per heavy atom. The highest BCUT2D eigenvalue weighted by molar-refractivity contribution is 6.18. The Morgan fingerprint density at radius 3 is 2.27 bits per heavy atom. The van der Waals surface area contributed by atoms with E-state index in [9.17, 15) is 0 Å². The SMILES string of the molecule is ClCC1(C2CCC2)CC=CC1. The molecule has 0 atom stereocenters. The van der Waals surface area contributed by atoms with Gasteiger partial charge in [-0.1, -0.05) is 18.6 Å². The summed E-state index contributed by atoms with van der Waals surface area (Å²) in [5, 5.41) is 0. The quantitative estimate of drug-likeness (QED) is 0.441. The van der Waals surface area contributed by atoms with Gasteiger partial charge in [0.25, 0.3) is 0 Å². The number of alkyl halides is 1. The monoisotopic (exact) mass is 170 g/mol. The van der Waals surface area contributed by atoms with Crippen molar-refractivity contribution in [1.82, 2.24) is 0 Å². The maximum atomic E-state index is 6.03. The van der Waals surface area contributed by atoms with Gasteiger partial charge in [0.1, 0.15) is 0 Å². The van der Waals surface area contributed by atoms with Gasteiger partial charge in [0, 0.05) is 5.88 Å². The number of halogens is 1. The Bertz CT molecular complexity index is 160. The van der Waals surface area contributed by atoms with Crippen molar-refractivity contribution in [2.45, 2.75) is 32.1 Å². The fourth-order valence-corrected chi connectivity index (χ4v) is 2.73. The highest BCUT2D eigenvalue weighted by atomic mass is 35.5. The van der Waals surface area contributed by atoms with Gasteiger partial charge in [-0.05, 0) is 37.0 Å². The first-order valence-electron chi connectivity index (χ1n) is 4.58. The Balaban J connectivity index is 2.04. The van der Waals surface area contributed by atoms with Crippen LogP contribution >= 0.6 is 11.6 Å². The van der Waals surface area contributed by atoms with Crippen LogP contribution in [-0.4, -0.2) is 5.88 Å². The maximum absolute atomic E-state index is 6.03. The van der Waals surface area contributed by atoms with Crippen molar-refractivity contribution >= 4 is 11.6 Å². The van der Waals surface area contributed by atoms with Gasteiger partial charge in [0.15, 0.2) is 0 Å². The van der Waals surface area contributed by atoms with E-state index in [2.05, 4.69) is 12.2 Å². The topological polar surface area (TPSA) is 0 Å². The molecule has 0 saturated heterocycles. The smallest absolute Gasteiger partial charge is 0.0288 e. The number of hydrogen-bond donors (Lipinski definition) is 0. The summed E-state index contributed by atoms with van der Waals surface area (Å²) in [5.41, 5.74) is 0.486. The molecule has 0 radical (unpaired) electrons. The van der Waals surface area contributed by atoms with Crippen LogP contribution in [-0.2, 0) is 0 Å². The van der Waals surface area contributed by atoms with E-state index in [4.69, 9.17) is 11.6 Å². The zero-order valence-corrected chi connectivity index (χ0v) is 7.61. The summed E-state index contributed by atoms with van der Waals surface area (Å²) in [6, 6.07) is 0. The second-order valence-corrected chi connectivity index (χ2v) is 4.27. The Labute approximate surface area is 73.6 Å². The van der Waals surface area contributed by atoms with E-state index in [0.29, 0.717) is 5.41 Å². The van der Waals surface area contributed by atoms with Crippen LogP contribution in [0.15, 0.2) is 12.2 Å². The van der Waals surface area contributed by atoms with Crippen LogP contribution in [0.1, 0.15) is 32.1 Å². The molecule has 0 aromatic heterocycles. The number of allylic oxidation sites excluding steroid dienone is 2. The molecule has 1 fully saturated rings. The summed E-state index contributed by atoms with van der Waals surface area (Å²) in [6.45, 7) is 0. The molecule has 0 nitrogen and oxygen atoms in total. The average molecular weight is 171 g/mol. The van der Waals surface area contributed by atoms with E-state index in [0.717, 1.165) is 11.8 Å². The summed E-state index contributed by atoms with van der Waals surface area (Å²) in [7, 11) is 0. The van der Waals surface area contributed by atoms with Crippen LogP contribution in [0.2, 0.25) is 0 Å². The second kappa shape index (κ2) is 2.82. The van der Waals surface area contributed by atoms with Crippen LogP contribution in [0.25, 0.3) is 0 Å². The van der Waals surface area contributed by atoms with Crippen LogP contribution in [0, 0.1) is 11.3 Å². The van der Waals surface area contributed by atoms with Crippen molar-refractivity contribution in [3.63, 3.8) is 0 Å². The first-order chi connectivity index (χ1) is 5.37. The van der Waals surface area contributed by atoms with E-state index in [1.807, 2.05) is 0 Å². The minimum atomic E-state index is 0.486. The first-order valence-corrected chi connectivity index (χ1v) is 5.12. The van der Waals surface area contributed by atoms with Gasteiger partial charge in [-0.15, -0.1) is 11.6 Å². The van der Waals surface area contributed by atoms with Gasteiger partial charge in [-0.3, -0.25) is 0 Å². The van der Waals surface area contributed by atoms with Crippen LogP contribution in [0.4, 0.5) is 0 Å². The van der Waals surface area contributed by atoms with E-state index < -0.39 is 0 Å². The zero-order chi connectivity index (χ0) is 7.73. The van der Waals surface area contributed by atoms with Gasteiger partial charge in [-0.25, -0.2) is 0 Å². The molecule has 11 heavy (non-hydrogen) atoms.